The zero-order valence-corrected chi connectivity index (χ0v) is 22.7. The fourth-order valence-corrected chi connectivity index (χ4v) is 8.78. The third kappa shape index (κ3) is 4.03. The zero-order valence-electron chi connectivity index (χ0n) is 22.0. The summed E-state index contributed by atoms with van der Waals surface area (Å²) in [7, 11) is 0. The maximum atomic E-state index is 13.3. The number of rotatable bonds is 4. The maximum absolute atomic E-state index is 13.3. The molecule has 4 saturated carbocycles. The summed E-state index contributed by atoms with van der Waals surface area (Å²) in [6.45, 7) is 10.8. The number of Topliss-reactive ketones (excluding diaryl/α,β-unsaturated/α-hetero) is 1. The van der Waals surface area contributed by atoms with Crippen LogP contribution in [0.15, 0.2) is 24.3 Å². The van der Waals surface area contributed by atoms with E-state index in [2.05, 4.69) is 20.8 Å². The van der Waals surface area contributed by atoms with E-state index in [4.69, 9.17) is 21.1 Å². The molecule has 0 spiro atoms. The molecule has 0 N–H and O–H groups in total. The Labute approximate surface area is 215 Å². The maximum Gasteiger partial charge on any atom is 0.350 e. The van der Waals surface area contributed by atoms with Gasteiger partial charge in [0.2, 0.25) is 0 Å². The fourth-order valence-electron chi connectivity index (χ4n) is 8.66. The highest BCUT2D eigenvalue weighted by atomic mass is 35.5. The van der Waals surface area contributed by atoms with E-state index < -0.39 is 5.60 Å². The lowest BCUT2D eigenvalue weighted by molar-refractivity contribution is -0.183. The molecule has 0 aliphatic heterocycles. The molecule has 0 amide bonds. The van der Waals surface area contributed by atoms with Gasteiger partial charge in [0.05, 0.1) is 0 Å². The number of carbonyl (C=O) groups excluding carboxylic acids is 2. The highest BCUT2D eigenvalue weighted by molar-refractivity contribution is 6.30. The average molecular weight is 501 g/mol. The molecule has 0 aromatic heterocycles. The first-order chi connectivity index (χ1) is 16.4. The Kier molecular flexibility index (Phi) is 6.10. The predicted octanol–water partition coefficient (Wildman–Crippen LogP) is 7.41. The number of ketones is 1. The second-order valence-electron chi connectivity index (χ2n) is 13.2. The molecule has 0 saturated heterocycles. The second kappa shape index (κ2) is 8.50. The monoisotopic (exact) mass is 500 g/mol. The molecule has 5 heteroatoms. The van der Waals surface area contributed by atoms with E-state index in [1.165, 1.54) is 12.8 Å². The Hall–Kier alpha value is -1.55. The van der Waals surface area contributed by atoms with Crippen LogP contribution in [0.3, 0.4) is 0 Å². The molecule has 4 aliphatic rings. The smallest absolute Gasteiger partial charge is 0.350 e. The normalized spacial score (nSPS) is 40.9. The van der Waals surface area contributed by atoms with E-state index in [1.54, 1.807) is 38.1 Å². The van der Waals surface area contributed by atoms with Gasteiger partial charge in [-0.15, -0.1) is 0 Å². The van der Waals surface area contributed by atoms with Gasteiger partial charge in [0.15, 0.2) is 5.60 Å². The molecule has 0 bridgehead atoms. The summed E-state index contributed by atoms with van der Waals surface area (Å²) in [5.41, 5.74) is -0.672. The van der Waals surface area contributed by atoms with Crippen molar-refractivity contribution >= 4 is 23.4 Å². The lowest BCUT2D eigenvalue weighted by atomic mass is 9.40. The van der Waals surface area contributed by atoms with Crippen LogP contribution in [0.2, 0.25) is 5.02 Å². The molecule has 0 radical (unpaired) electrons. The lowest BCUT2D eigenvalue weighted by Crippen LogP contribution is -2.58. The van der Waals surface area contributed by atoms with Gasteiger partial charge in [-0.2, -0.15) is 0 Å². The Bertz CT molecular complexity index is 1000. The number of hydrogen-bond acceptors (Lipinski definition) is 4. The molecule has 1 aromatic rings. The van der Waals surface area contributed by atoms with E-state index >= 15 is 0 Å². The minimum atomic E-state index is -1.08. The first kappa shape index (κ1) is 25.1. The van der Waals surface area contributed by atoms with Crippen molar-refractivity contribution in [1.29, 1.82) is 0 Å². The molecule has 0 unspecified atom stereocenters. The Balaban J connectivity index is 1.30. The van der Waals surface area contributed by atoms with E-state index in [1.807, 2.05) is 0 Å². The van der Waals surface area contributed by atoms with Crippen LogP contribution in [0.1, 0.15) is 92.4 Å². The van der Waals surface area contributed by atoms with Gasteiger partial charge >= 0.3 is 5.97 Å². The standard InChI is InChI=1S/C30H41ClO4/c1-27(2,35-21-8-6-19(31)7-9-21)26(33)34-25-11-10-23-22-13-15-28(3)18-20(32)12-17-30(28,5)24(22)14-16-29(23,25)4/h6-9,22-25H,10-18H2,1-5H3/t22-,23-,24-,25-,28+,29+,30-/m1/s1. The molecule has 4 nitrogen and oxygen atoms in total. The summed E-state index contributed by atoms with van der Waals surface area (Å²) in [5, 5.41) is 0.634. The van der Waals surface area contributed by atoms with Gasteiger partial charge in [0.25, 0.3) is 0 Å². The van der Waals surface area contributed by atoms with E-state index in [9.17, 15) is 9.59 Å². The van der Waals surface area contributed by atoms with E-state index in [0.29, 0.717) is 34.3 Å². The molecular formula is C30H41ClO4. The van der Waals surface area contributed by atoms with Crippen LogP contribution in [-0.2, 0) is 14.3 Å². The zero-order chi connectivity index (χ0) is 25.2. The molecule has 192 valence electrons. The van der Waals surface area contributed by atoms with Gasteiger partial charge in [-0.05, 0) is 112 Å². The number of benzene rings is 1. The first-order valence-corrected chi connectivity index (χ1v) is 13.9. The van der Waals surface area contributed by atoms with Crippen LogP contribution in [0.25, 0.3) is 0 Å². The van der Waals surface area contributed by atoms with Crippen molar-refractivity contribution in [3.8, 4) is 5.75 Å². The van der Waals surface area contributed by atoms with E-state index in [0.717, 1.165) is 44.9 Å². The highest BCUT2D eigenvalue weighted by Gasteiger charge is 2.64. The number of halogens is 1. The van der Waals surface area contributed by atoms with Crippen LogP contribution in [0, 0.1) is 34.0 Å². The number of ether oxygens (including phenoxy) is 2. The van der Waals surface area contributed by atoms with Crippen LogP contribution in [0.5, 0.6) is 5.75 Å². The molecule has 4 aliphatic carbocycles. The third-order valence-electron chi connectivity index (χ3n) is 11.0. The van der Waals surface area contributed by atoms with Crippen molar-refractivity contribution in [3.63, 3.8) is 0 Å². The molecule has 5 rings (SSSR count). The first-order valence-electron chi connectivity index (χ1n) is 13.6. The van der Waals surface area contributed by atoms with Crippen LogP contribution < -0.4 is 4.74 Å². The van der Waals surface area contributed by atoms with Gasteiger partial charge in [-0.1, -0.05) is 32.4 Å². The number of fused-ring (bicyclic) bond motifs is 5. The molecule has 1 aromatic carbocycles. The van der Waals surface area contributed by atoms with Gasteiger partial charge in [-0.3, -0.25) is 4.79 Å². The fraction of sp³-hybridized carbons (Fsp3) is 0.733. The minimum absolute atomic E-state index is 0.0156. The van der Waals surface area contributed by atoms with Crippen molar-refractivity contribution in [2.75, 3.05) is 0 Å². The van der Waals surface area contributed by atoms with Gasteiger partial charge < -0.3 is 9.47 Å². The van der Waals surface area contributed by atoms with Crippen LogP contribution >= 0.6 is 11.6 Å². The average Bonchev–Trinajstić information content (AvgIpc) is 3.12. The Morgan fingerprint density at radius 3 is 2.40 bits per heavy atom. The topological polar surface area (TPSA) is 52.6 Å². The Morgan fingerprint density at radius 2 is 1.69 bits per heavy atom. The lowest BCUT2D eigenvalue weighted by Gasteiger charge is -2.64. The number of esters is 1. The summed E-state index contributed by atoms with van der Waals surface area (Å²) in [5.74, 6) is 2.69. The van der Waals surface area contributed by atoms with Gasteiger partial charge in [-0.25, -0.2) is 4.79 Å². The summed E-state index contributed by atoms with van der Waals surface area (Å²) >= 11 is 5.99. The Morgan fingerprint density at radius 1 is 0.971 bits per heavy atom. The summed E-state index contributed by atoms with van der Waals surface area (Å²) < 4.78 is 12.3. The van der Waals surface area contributed by atoms with Crippen molar-refractivity contribution in [1.82, 2.24) is 0 Å². The van der Waals surface area contributed by atoms with Crippen molar-refractivity contribution in [2.24, 2.45) is 34.0 Å². The largest absolute Gasteiger partial charge is 0.476 e. The molecule has 4 fully saturated rings. The highest BCUT2D eigenvalue weighted by Crippen LogP contribution is 2.69. The second-order valence-corrected chi connectivity index (χ2v) is 13.6. The molecule has 7 atom stereocenters. The van der Waals surface area contributed by atoms with Gasteiger partial charge in [0, 0.05) is 23.3 Å². The number of carbonyl (C=O) groups is 2. The van der Waals surface area contributed by atoms with E-state index in [-0.39, 0.29) is 28.3 Å². The minimum Gasteiger partial charge on any atom is -0.476 e. The van der Waals surface area contributed by atoms with Crippen molar-refractivity contribution in [3.05, 3.63) is 29.3 Å². The predicted molar refractivity (Wildman–Crippen MR) is 137 cm³/mol. The van der Waals surface area contributed by atoms with Crippen LogP contribution in [0.4, 0.5) is 0 Å². The van der Waals surface area contributed by atoms with Gasteiger partial charge in [0.1, 0.15) is 17.6 Å². The number of hydrogen-bond donors (Lipinski definition) is 0. The molecular weight excluding hydrogens is 460 g/mol. The van der Waals surface area contributed by atoms with Crippen molar-refractivity contribution < 1.29 is 19.1 Å². The molecule has 35 heavy (non-hydrogen) atoms. The summed E-state index contributed by atoms with van der Waals surface area (Å²) in [4.78, 5) is 25.6. The SMILES string of the molecule is CC(C)(Oc1ccc(Cl)cc1)C(=O)O[C@@H]1CC[C@@H]2[C@H]3CC[C@@]4(C)CC(=O)CC[C@]4(C)[C@@H]3CC[C@@]21C. The van der Waals surface area contributed by atoms with Crippen LogP contribution in [-0.4, -0.2) is 23.5 Å². The quantitative estimate of drug-likeness (QED) is 0.404. The van der Waals surface area contributed by atoms with Crippen molar-refractivity contribution in [2.45, 2.75) is 104 Å². The summed E-state index contributed by atoms with van der Waals surface area (Å²) in [6, 6.07) is 7.08. The molecule has 0 heterocycles. The third-order valence-corrected chi connectivity index (χ3v) is 11.3. The summed E-state index contributed by atoms with van der Waals surface area (Å²) in [6.07, 6.45) is 9.17.